The number of carboxylic acid groups (broad SMARTS) is 2. The van der Waals surface area contributed by atoms with Crippen LogP contribution in [-0.4, -0.2) is 114 Å². The quantitative estimate of drug-likeness (QED) is 0.0156. The van der Waals surface area contributed by atoms with Crippen molar-refractivity contribution < 1.29 is 100 Å². The third-order valence-corrected chi connectivity index (χ3v) is 18.0. The van der Waals surface area contributed by atoms with Crippen molar-refractivity contribution in [3.63, 3.8) is 0 Å². The van der Waals surface area contributed by atoms with Crippen molar-refractivity contribution in [1.82, 2.24) is 0 Å². The summed E-state index contributed by atoms with van der Waals surface area (Å²) in [6.07, 6.45) is 18.2. The van der Waals surface area contributed by atoms with Crippen molar-refractivity contribution in [3.05, 3.63) is 108 Å². The normalized spacial score (nSPS) is 20.1. The summed E-state index contributed by atoms with van der Waals surface area (Å²) in [6.45, 7) is 7.11. The molecule has 6 N–H and O–H groups in total. The topological polar surface area (TPSA) is 259 Å². The van der Waals surface area contributed by atoms with E-state index < -0.39 is 72.4 Å². The van der Waals surface area contributed by atoms with Crippen molar-refractivity contribution in [3.8, 4) is 0 Å². The van der Waals surface area contributed by atoms with Gasteiger partial charge in [0.05, 0.1) is 6.10 Å². The van der Waals surface area contributed by atoms with Crippen LogP contribution in [0.5, 0.6) is 0 Å². The van der Waals surface area contributed by atoms with Gasteiger partial charge in [0.25, 0.3) is 23.7 Å². The maximum atomic E-state index is 14.0. The van der Waals surface area contributed by atoms with Crippen LogP contribution in [-0.2, 0) is 56.2 Å². The molecule has 0 aromatic heterocycles. The number of aliphatic hydroxyl groups is 4. The highest BCUT2D eigenvalue weighted by Crippen LogP contribution is 2.39. The summed E-state index contributed by atoms with van der Waals surface area (Å²) in [4.78, 5) is 79.7. The van der Waals surface area contributed by atoms with Gasteiger partial charge in [-0.3, -0.25) is 33.6 Å². The molecule has 10 atom stereocenters. The molecule has 21 heteroatoms. The van der Waals surface area contributed by atoms with Crippen LogP contribution >= 0.6 is 0 Å². The fraction of sp³-hybridized carbons (Fsp3) is 0.675. The van der Waals surface area contributed by atoms with E-state index in [1.165, 1.54) is 12.2 Å². The van der Waals surface area contributed by atoms with Gasteiger partial charge in [-0.25, -0.2) is 26.3 Å². The number of allylic oxidation sites excluding steroid dienone is 3. The Balaban J connectivity index is 0.000000717. The van der Waals surface area contributed by atoms with E-state index >= 15 is 0 Å². The molecule has 2 aromatic rings. The number of carbonyl (C=O) groups is 7. The van der Waals surface area contributed by atoms with E-state index in [2.05, 4.69) is 0 Å². The highest BCUT2D eigenvalue weighted by Gasteiger charge is 2.43. The minimum absolute atomic E-state index is 0. The number of benzene rings is 2. The fourth-order valence-electron chi connectivity index (χ4n) is 12.1. The Labute approximate surface area is 578 Å². The van der Waals surface area contributed by atoms with Gasteiger partial charge in [-0.05, 0) is 100 Å². The van der Waals surface area contributed by atoms with Crippen molar-refractivity contribution in [2.75, 3.05) is 0 Å². The molecule has 98 heavy (non-hydrogen) atoms. The third kappa shape index (κ3) is 38.0. The number of hydrogen-bond donors (Lipinski definition) is 6. The molecule has 0 amide bonds. The number of halogens is 6. The molecular weight excluding hydrogens is 1280 g/mol. The standard InChI is InChI=1S/C27H38F2O5.C27H36F2O4.C20H34F2O4.C2H4O2.CH4/c1-2-3-17-27(28,29)25(32)16-15-22-21(23(30)18-24(22)31)13-9-4-5-10-14-26(33)34-19-20-11-7-6-8-12-20;1-2-3-19-27(28,29)25(31)18-16-22-15-17-24(30)23(22)13-9-4-5-10-14-26(32)33-20-21-11-7-6-8-12-21;1-2-3-14-20(21,22)18(24)13-11-15-10-12-17(23)16(15)8-6-4-5-7-9-19(25)26;1-2(3)4;/h6-8,11-12,15-16,21-22,24-25,31-32H,2-5,9-10,13-14,17-19H2,1H3;6-8,11-12,15-18,22-23,25,31H,2-5,9-10,13-14,19-20H2,1H3;15-16,18,24H,2-14H2,1H3,(H,25,26);1H3,(H,3,4);1H4/b16-15+;18-16+;;;/t21?,22-,24-,25?;22-,23?,25?;15-,16-,18?;;/m111../s1. The maximum absolute atomic E-state index is 14.0. The molecule has 5 unspecified atom stereocenters. The van der Waals surface area contributed by atoms with E-state index in [1.54, 1.807) is 19.1 Å². The van der Waals surface area contributed by atoms with Crippen LogP contribution in [0.15, 0.2) is 97.1 Å². The number of ether oxygens (including phenoxy) is 2. The summed E-state index contributed by atoms with van der Waals surface area (Å²) in [5.74, 6) is -12.9. The lowest BCUT2D eigenvalue weighted by Crippen LogP contribution is -2.34. The highest BCUT2D eigenvalue weighted by atomic mass is 19.3. The van der Waals surface area contributed by atoms with Crippen LogP contribution in [0.25, 0.3) is 0 Å². The lowest BCUT2D eigenvalue weighted by atomic mass is 9.85. The van der Waals surface area contributed by atoms with Gasteiger partial charge in [-0.2, -0.15) is 0 Å². The van der Waals surface area contributed by atoms with Crippen LogP contribution < -0.4 is 0 Å². The molecule has 5 rings (SSSR count). The van der Waals surface area contributed by atoms with E-state index in [0.717, 1.165) is 107 Å². The SMILES string of the molecule is C.CC(=O)O.CCCCC(F)(F)C(O)/C=C/[C@@H]1C(CCCCCCC(=O)OCc2ccccc2)C(=O)C[C@H]1O.CCCCC(F)(F)C(O)/C=C/[C@H]1C=CC(=O)C1CCCCCCC(=O)OCc1ccccc1.CCCCC(F)(F)C(O)CC[C@H]1CCC(=O)[C@@H]1CCCCCCC(=O)O. The number of Topliss-reactive ketones (excluding diaryl/α,β-unsaturated/α-hetero) is 2. The Morgan fingerprint density at radius 3 is 1.43 bits per heavy atom. The summed E-state index contributed by atoms with van der Waals surface area (Å²) in [7, 11) is 0. The molecule has 2 aromatic carbocycles. The number of aliphatic hydroxyl groups excluding tert-OH is 4. The monoisotopic (exact) mass is 1390 g/mol. The Morgan fingerprint density at radius 1 is 0.551 bits per heavy atom. The molecule has 0 bridgehead atoms. The predicted octanol–water partition coefficient (Wildman–Crippen LogP) is 17.3. The molecule has 2 fully saturated rings. The molecule has 3 aliphatic carbocycles. The molecule has 3 aliphatic rings. The molecule has 556 valence electrons. The minimum Gasteiger partial charge on any atom is -0.481 e. The maximum Gasteiger partial charge on any atom is 0.306 e. The zero-order valence-corrected chi connectivity index (χ0v) is 57.7. The summed E-state index contributed by atoms with van der Waals surface area (Å²) < 4.78 is 94.1. The molecule has 0 saturated heterocycles. The first kappa shape index (κ1) is 90.0. The Kier molecular flexibility index (Phi) is 46.2. The largest absolute Gasteiger partial charge is 0.481 e. The summed E-state index contributed by atoms with van der Waals surface area (Å²) in [5, 5.41) is 55.8. The lowest BCUT2D eigenvalue weighted by Gasteiger charge is -2.25. The van der Waals surface area contributed by atoms with E-state index in [0.29, 0.717) is 89.9 Å². The lowest BCUT2D eigenvalue weighted by molar-refractivity contribution is -0.146. The van der Waals surface area contributed by atoms with Crippen LogP contribution in [0.3, 0.4) is 0 Å². The van der Waals surface area contributed by atoms with Gasteiger partial charge >= 0.3 is 17.9 Å². The van der Waals surface area contributed by atoms with Crippen LogP contribution in [0, 0.1) is 35.5 Å². The Morgan fingerprint density at radius 2 is 0.969 bits per heavy atom. The number of alkyl halides is 6. The van der Waals surface area contributed by atoms with E-state index in [9.17, 15) is 75.5 Å². The first-order valence-corrected chi connectivity index (χ1v) is 35.4. The number of carbonyl (C=O) groups excluding carboxylic acids is 5. The summed E-state index contributed by atoms with van der Waals surface area (Å²) >= 11 is 0. The second-order valence-electron chi connectivity index (χ2n) is 26.1. The number of unbranched alkanes of at least 4 members (excludes halogenated alkanes) is 12. The molecule has 0 heterocycles. The fourth-order valence-corrected chi connectivity index (χ4v) is 12.1. The average molecular weight is 1400 g/mol. The van der Waals surface area contributed by atoms with E-state index in [-0.39, 0.29) is 106 Å². The minimum atomic E-state index is -3.22. The van der Waals surface area contributed by atoms with Gasteiger partial charge in [0.2, 0.25) is 0 Å². The summed E-state index contributed by atoms with van der Waals surface area (Å²) in [6, 6.07) is 19.0. The Hall–Kier alpha value is -6.03. The van der Waals surface area contributed by atoms with Gasteiger partial charge in [0.15, 0.2) is 5.78 Å². The molecular formula is C77H116F6O15. The van der Waals surface area contributed by atoms with E-state index in [1.807, 2.05) is 74.5 Å². The highest BCUT2D eigenvalue weighted by molar-refractivity contribution is 5.94. The van der Waals surface area contributed by atoms with Gasteiger partial charge < -0.3 is 40.1 Å². The molecule has 2 saturated carbocycles. The van der Waals surface area contributed by atoms with Gasteiger partial charge in [0.1, 0.15) is 43.1 Å². The number of ketones is 3. The van der Waals surface area contributed by atoms with E-state index in [4.69, 9.17) is 24.5 Å². The van der Waals surface area contributed by atoms with Gasteiger partial charge in [-0.1, -0.05) is 196 Å². The average Bonchev–Trinajstić information content (AvgIpc) is 1.68. The number of esters is 2. The van der Waals surface area contributed by atoms with Crippen LogP contribution in [0.4, 0.5) is 26.3 Å². The smallest absolute Gasteiger partial charge is 0.306 e. The predicted molar refractivity (Wildman–Crippen MR) is 367 cm³/mol. The summed E-state index contributed by atoms with van der Waals surface area (Å²) in [5.41, 5.74) is 1.90. The second-order valence-corrected chi connectivity index (χ2v) is 26.1. The molecule has 0 radical (unpaired) electrons. The molecule has 0 aliphatic heterocycles. The van der Waals surface area contributed by atoms with Crippen LogP contribution in [0.2, 0.25) is 0 Å². The first-order valence-electron chi connectivity index (χ1n) is 35.4. The first-order chi connectivity index (χ1) is 46.1. The third-order valence-electron chi connectivity index (χ3n) is 18.0. The molecule has 15 nitrogen and oxygen atoms in total. The Bertz CT molecular complexity index is 2650. The van der Waals surface area contributed by atoms with Gasteiger partial charge in [0, 0.05) is 87.9 Å². The van der Waals surface area contributed by atoms with Crippen molar-refractivity contribution in [1.29, 1.82) is 0 Å². The number of aliphatic carboxylic acids is 2. The zero-order valence-electron chi connectivity index (χ0n) is 57.7. The second kappa shape index (κ2) is 50.3. The zero-order chi connectivity index (χ0) is 72.2. The van der Waals surface area contributed by atoms with Crippen LogP contribution in [0.1, 0.15) is 252 Å². The van der Waals surface area contributed by atoms with Gasteiger partial charge in [-0.15, -0.1) is 0 Å². The number of hydrogen-bond acceptors (Lipinski definition) is 13. The van der Waals surface area contributed by atoms with Crippen molar-refractivity contribution in [2.24, 2.45) is 35.5 Å². The molecule has 0 spiro atoms. The number of rotatable bonds is 44. The van der Waals surface area contributed by atoms with Crippen molar-refractivity contribution in [2.45, 2.75) is 296 Å². The van der Waals surface area contributed by atoms with Crippen molar-refractivity contribution >= 4 is 41.2 Å². The number of carboxylic acids is 2.